The van der Waals surface area contributed by atoms with E-state index in [0.717, 1.165) is 11.3 Å². The van der Waals surface area contributed by atoms with E-state index in [1.54, 1.807) is 20.0 Å². The Morgan fingerprint density at radius 2 is 2.16 bits per heavy atom. The molecule has 2 aromatic rings. The van der Waals surface area contributed by atoms with Gasteiger partial charge in [0.2, 0.25) is 5.89 Å². The molecule has 0 fully saturated rings. The fraction of sp³-hybridized carbons (Fsp3) is 0.308. The van der Waals surface area contributed by atoms with E-state index in [4.69, 9.17) is 4.52 Å². The zero-order valence-electron chi connectivity index (χ0n) is 11.2. The van der Waals surface area contributed by atoms with Gasteiger partial charge in [0.15, 0.2) is 5.82 Å². The molecule has 1 aromatic heterocycles. The first-order chi connectivity index (χ1) is 9.10. The van der Waals surface area contributed by atoms with Crippen molar-refractivity contribution in [1.29, 1.82) is 0 Å². The lowest BCUT2D eigenvalue weighted by Crippen LogP contribution is -2.24. The molecule has 1 aromatic carbocycles. The Morgan fingerprint density at radius 1 is 1.37 bits per heavy atom. The number of aryl methyl sites for hydroxylation is 2. The van der Waals surface area contributed by atoms with Gasteiger partial charge in [-0.1, -0.05) is 11.2 Å². The fourth-order valence-electron chi connectivity index (χ4n) is 1.73. The van der Waals surface area contributed by atoms with Crippen LogP contribution in [0.2, 0.25) is 0 Å². The van der Waals surface area contributed by atoms with Crippen LogP contribution in [-0.4, -0.2) is 23.1 Å². The van der Waals surface area contributed by atoms with E-state index in [1.807, 2.05) is 19.1 Å². The molecule has 0 aliphatic carbocycles. The van der Waals surface area contributed by atoms with Crippen molar-refractivity contribution in [3.8, 4) is 0 Å². The maximum atomic E-state index is 12.1. The van der Waals surface area contributed by atoms with Gasteiger partial charge in [-0.25, -0.2) is 0 Å². The Balaban J connectivity index is 2.07. The van der Waals surface area contributed by atoms with E-state index in [0.29, 0.717) is 17.3 Å². The molecule has 1 amide bonds. The molecule has 19 heavy (non-hydrogen) atoms. The van der Waals surface area contributed by atoms with Crippen molar-refractivity contribution in [1.82, 2.24) is 15.5 Å². The number of rotatable bonds is 4. The highest BCUT2D eigenvalue weighted by Gasteiger charge is 2.11. The summed E-state index contributed by atoms with van der Waals surface area (Å²) in [7, 11) is 1.79. The molecule has 0 aliphatic heterocycles. The highest BCUT2D eigenvalue weighted by atomic mass is 16.5. The minimum absolute atomic E-state index is 0.174. The van der Waals surface area contributed by atoms with E-state index in [9.17, 15) is 4.79 Å². The number of amides is 1. The zero-order chi connectivity index (χ0) is 13.8. The monoisotopic (exact) mass is 260 g/mol. The summed E-state index contributed by atoms with van der Waals surface area (Å²) in [5, 5.41) is 9.49. The van der Waals surface area contributed by atoms with Gasteiger partial charge in [-0.3, -0.25) is 4.79 Å². The van der Waals surface area contributed by atoms with E-state index in [2.05, 4.69) is 20.8 Å². The van der Waals surface area contributed by atoms with Crippen LogP contribution in [0.15, 0.2) is 22.7 Å². The Kier molecular flexibility index (Phi) is 3.79. The van der Waals surface area contributed by atoms with Gasteiger partial charge in [-0.05, 0) is 24.6 Å². The summed E-state index contributed by atoms with van der Waals surface area (Å²) in [6, 6.07) is 5.61. The number of anilines is 1. The second-order valence-electron chi connectivity index (χ2n) is 4.21. The molecule has 0 saturated heterocycles. The van der Waals surface area contributed by atoms with E-state index in [-0.39, 0.29) is 12.5 Å². The van der Waals surface area contributed by atoms with E-state index >= 15 is 0 Å². The third-order valence-corrected chi connectivity index (χ3v) is 2.67. The topological polar surface area (TPSA) is 80.0 Å². The summed E-state index contributed by atoms with van der Waals surface area (Å²) in [5.41, 5.74) is 2.48. The maximum absolute atomic E-state index is 12.1. The number of hydrogen-bond acceptors (Lipinski definition) is 5. The minimum Gasteiger partial charge on any atom is -0.387 e. The van der Waals surface area contributed by atoms with Crippen LogP contribution in [0, 0.1) is 13.8 Å². The lowest BCUT2D eigenvalue weighted by atomic mass is 10.1. The van der Waals surface area contributed by atoms with Crippen LogP contribution in [0.25, 0.3) is 0 Å². The predicted octanol–water partition coefficient (Wildman–Crippen LogP) is 1.66. The van der Waals surface area contributed by atoms with Gasteiger partial charge in [0, 0.05) is 19.7 Å². The van der Waals surface area contributed by atoms with Gasteiger partial charge in [0.1, 0.15) is 0 Å². The first kappa shape index (κ1) is 13.1. The molecule has 2 rings (SSSR count). The van der Waals surface area contributed by atoms with Crippen LogP contribution >= 0.6 is 0 Å². The van der Waals surface area contributed by atoms with Crippen molar-refractivity contribution in [3.63, 3.8) is 0 Å². The van der Waals surface area contributed by atoms with Crippen molar-refractivity contribution < 1.29 is 9.32 Å². The van der Waals surface area contributed by atoms with Crippen molar-refractivity contribution in [2.75, 3.05) is 12.4 Å². The second kappa shape index (κ2) is 5.51. The van der Waals surface area contributed by atoms with E-state index in [1.165, 1.54) is 0 Å². The molecule has 0 atom stereocenters. The van der Waals surface area contributed by atoms with Gasteiger partial charge in [-0.2, -0.15) is 4.98 Å². The molecule has 1 heterocycles. The van der Waals surface area contributed by atoms with Gasteiger partial charge in [0.25, 0.3) is 5.91 Å². The third kappa shape index (κ3) is 3.09. The molecule has 6 heteroatoms. The van der Waals surface area contributed by atoms with Crippen LogP contribution in [0.4, 0.5) is 5.69 Å². The van der Waals surface area contributed by atoms with Crippen LogP contribution in [0.3, 0.4) is 0 Å². The highest BCUT2D eigenvalue weighted by Crippen LogP contribution is 2.16. The minimum atomic E-state index is -0.174. The normalized spacial score (nSPS) is 10.3. The number of carbonyl (C=O) groups excluding carboxylic acids is 1. The Morgan fingerprint density at radius 3 is 2.79 bits per heavy atom. The van der Waals surface area contributed by atoms with Crippen molar-refractivity contribution in [3.05, 3.63) is 41.0 Å². The number of nitrogens with one attached hydrogen (secondary N) is 2. The Hall–Kier alpha value is -2.37. The average molecular weight is 260 g/mol. The third-order valence-electron chi connectivity index (χ3n) is 2.67. The second-order valence-corrected chi connectivity index (χ2v) is 4.21. The number of hydrogen-bond donors (Lipinski definition) is 2. The number of benzene rings is 1. The Bertz CT molecular complexity index is 592. The number of nitrogens with zero attached hydrogens (tertiary/aromatic N) is 2. The standard InChI is InChI=1S/C13H16N4O2/c1-8-4-5-10(11(6-8)14-3)13(18)15-7-12-16-9(2)19-17-12/h4-6,14H,7H2,1-3H3,(H,15,18). The molecule has 0 unspecified atom stereocenters. The molecule has 0 bridgehead atoms. The Labute approximate surface area is 111 Å². The molecule has 0 radical (unpaired) electrons. The fourth-order valence-corrected chi connectivity index (χ4v) is 1.73. The van der Waals surface area contributed by atoms with Gasteiger partial charge in [0.05, 0.1) is 12.1 Å². The first-order valence-electron chi connectivity index (χ1n) is 5.96. The molecule has 0 spiro atoms. The van der Waals surface area contributed by atoms with Crippen LogP contribution in [0.5, 0.6) is 0 Å². The van der Waals surface area contributed by atoms with Crippen LogP contribution < -0.4 is 10.6 Å². The summed E-state index contributed by atoms with van der Waals surface area (Å²) in [6.07, 6.45) is 0. The lowest BCUT2D eigenvalue weighted by molar-refractivity contribution is 0.0950. The largest absolute Gasteiger partial charge is 0.387 e. The molecule has 100 valence electrons. The summed E-state index contributed by atoms with van der Waals surface area (Å²) in [4.78, 5) is 16.1. The first-order valence-corrected chi connectivity index (χ1v) is 5.96. The molecular weight excluding hydrogens is 244 g/mol. The molecule has 6 nitrogen and oxygen atoms in total. The number of aromatic nitrogens is 2. The molecule has 0 saturated carbocycles. The van der Waals surface area contributed by atoms with E-state index < -0.39 is 0 Å². The number of carbonyl (C=O) groups is 1. The highest BCUT2D eigenvalue weighted by molar-refractivity contribution is 5.99. The van der Waals surface area contributed by atoms with Crippen LogP contribution in [-0.2, 0) is 6.54 Å². The molecular formula is C13H16N4O2. The summed E-state index contributed by atoms with van der Waals surface area (Å²) < 4.78 is 4.84. The SMILES string of the molecule is CNc1cc(C)ccc1C(=O)NCc1noc(C)n1. The zero-order valence-corrected chi connectivity index (χ0v) is 11.2. The summed E-state index contributed by atoms with van der Waals surface area (Å²) in [5.74, 6) is 0.770. The van der Waals surface area contributed by atoms with Gasteiger partial charge >= 0.3 is 0 Å². The maximum Gasteiger partial charge on any atom is 0.253 e. The summed E-state index contributed by atoms with van der Waals surface area (Å²) in [6.45, 7) is 3.93. The van der Waals surface area contributed by atoms with Crippen molar-refractivity contribution >= 4 is 11.6 Å². The summed E-state index contributed by atoms with van der Waals surface area (Å²) >= 11 is 0. The van der Waals surface area contributed by atoms with Crippen LogP contribution in [0.1, 0.15) is 27.6 Å². The quantitative estimate of drug-likeness (QED) is 0.873. The predicted molar refractivity (Wildman–Crippen MR) is 70.9 cm³/mol. The van der Waals surface area contributed by atoms with Crippen molar-refractivity contribution in [2.45, 2.75) is 20.4 Å². The van der Waals surface area contributed by atoms with Gasteiger partial charge < -0.3 is 15.2 Å². The molecule has 0 aliphatic rings. The lowest BCUT2D eigenvalue weighted by Gasteiger charge is -2.09. The average Bonchev–Trinajstić information content (AvgIpc) is 2.81. The van der Waals surface area contributed by atoms with Crippen molar-refractivity contribution in [2.24, 2.45) is 0 Å². The smallest absolute Gasteiger partial charge is 0.253 e. The van der Waals surface area contributed by atoms with Gasteiger partial charge in [-0.15, -0.1) is 0 Å². The molecule has 2 N–H and O–H groups in total.